The molecule has 220 valence electrons. The van der Waals surface area contributed by atoms with E-state index in [-0.39, 0.29) is 5.91 Å². The standard InChI is InChI=1S/C31H26ClIN4O4S2/c1-40-29(39)27-26(10-5-15-41-24-12-11-19(33)16-22(24)32)43-31(35-27)37-14-13-18-6-4-7-20(21(18)17-37)28(38)36-30-34-23-8-2-3-9-25(23)42-30/h2-4,6-9,11-12,16H,5,10,13-15,17H2,1H3,(H,34,36,38). The first-order valence-corrected chi connectivity index (χ1v) is 16.7. The Morgan fingerprint density at radius 3 is 2.77 bits per heavy atom. The number of rotatable bonds is 9. The molecule has 0 aliphatic carbocycles. The molecule has 43 heavy (non-hydrogen) atoms. The van der Waals surface area contributed by atoms with Crippen LogP contribution in [-0.4, -0.2) is 42.1 Å². The summed E-state index contributed by atoms with van der Waals surface area (Å²) in [5, 5.41) is 4.85. The van der Waals surface area contributed by atoms with E-state index in [9.17, 15) is 9.59 Å². The molecule has 6 rings (SSSR count). The summed E-state index contributed by atoms with van der Waals surface area (Å²) >= 11 is 11.4. The Morgan fingerprint density at radius 1 is 1.09 bits per heavy atom. The first-order chi connectivity index (χ1) is 20.9. The van der Waals surface area contributed by atoms with Gasteiger partial charge in [0.1, 0.15) is 5.75 Å². The fourth-order valence-corrected chi connectivity index (χ4v) is 7.84. The number of benzene rings is 3. The fourth-order valence-electron chi connectivity index (χ4n) is 4.95. The number of nitrogens with zero attached hydrogens (tertiary/aromatic N) is 3. The van der Waals surface area contributed by atoms with E-state index in [1.165, 1.54) is 29.8 Å². The van der Waals surface area contributed by atoms with Crippen LogP contribution in [0.5, 0.6) is 5.75 Å². The third-order valence-corrected chi connectivity index (χ3v) is 10.2. The number of aryl methyl sites for hydroxylation is 1. The van der Waals surface area contributed by atoms with Gasteiger partial charge < -0.3 is 14.4 Å². The van der Waals surface area contributed by atoms with Crippen LogP contribution >= 0.6 is 56.9 Å². The largest absolute Gasteiger partial charge is 0.492 e. The number of carbonyl (C=O) groups is 2. The van der Waals surface area contributed by atoms with E-state index >= 15 is 0 Å². The number of fused-ring (bicyclic) bond motifs is 2. The SMILES string of the molecule is COC(=O)c1nc(N2CCc3cccc(C(=O)Nc4nc5ccccc5s4)c3C2)sc1CCCOc1ccc(I)cc1Cl. The second-order valence-corrected chi connectivity index (χ2v) is 13.6. The van der Waals surface area contributed by atoms with Crippen LogP contribution in [0, 0.1) is 3.57 Å². The molecule has 1 N–H and O–H groups in total. The number of hydrogen-bond acceptors (Lipinski definition) is 9. The molecule has 0 fully saturated rings. The van der Waals surface area contributed by atoms with Gasteiger partial charge in [-0.15, -0.1) is 11.3 Å². The van der Waals surface area contributed by atoms with Crippen molar-refractivity contribution in [1.29, 1.82) is 0 Å². The van der Waals surface area contributed by atoms with Crippen molar-refractivity contribution in [3.63, 3.8) is 0 Å². The highest BCUT2D eigenvalue weighted by atomic mass is 127. The zero-order chi connectivity index (χ0) is 29.9. The van der Waals surface area contributed by atoms with Crippen LogP contribution in [0.2, 0.25) is 5.02 Å². The van der Waals surface area contributed by atoms with Gasteiger partial charge in [0, 0.05) is 27.1 Å². The number of amides is 1. The average molecular weight is 745 g/mol. The lowest BCUT2D eigenvalue weighted by atomic mass is 9.94. The third kappa shape index (κ3) is 6.64. The number of anilines is 2. The van der Waals surface area contributed by atoms with E-state index in [2.05, 4.69) is 43.9 Å². The number of halogens is 2. The Hall–Kier alpha value is -3.26. The zero-order valence-corrected chi connectivity index (χ0v) is 27.6. The third-order valence-electron chi connectivity index (χ3n) is 7.07. The molecule has 3 aromatic carbocycles. The number of aromatic nitrogens is 2. The first kappa shape index (κ1) is 29.8. The molecule has 0 radical (unpaired) electrons. The molecule has 5 aromatic rings. The van der Waals surface area contributed by atoms with Crippen molar-refractivity contribution < 1.29 is 19.1 Å². The van der Waals surface area contributed by atoms with Gasteiger partial charge >= 0.3 is 5.97 Å². The number of hydrogen-bond donors (Lipinski definition) is 1. The van der Waals surface area contributed by atoms with Crippen molar-refractivity contribution in [2.75, 3.05) is 30.5 Å². The summed E-state index contributed by atoms with van der Waals surface area (Å²) < 4.78 is 13.0. The van der Waals surface area contributed by atoms with E-state index in [0.29, 0.717) is 53.2 Å². The van der Waals surface area contributed by atoms with Gasteiger partial charge in [-0.3, -0.25) is 10.1 Å². The summed E-state index contributed by atoms with van der Waals surface area (Å²) in [5.74, 6) is -0.0244. The van der Waals surface area contributed by atoms with Crippen LogP contribution in [-0.2, 0) is 24.1 Å². The highest BCUT2D eigenvalue weighted by Crippen LogP contribution is 2.34. The van der Waals surface area contributed by atoms with Gasteiger partial charge in [-0.1, -0.05) is 47.2 Å². The van der Waals surface area contributed by atoms with Gasteiger partial charge in [-0.2, -0.15) is 0 Å². The molecule has 0 atom stereocenters. The number of esters is 1. The summed E-state index contributed by atoms with van der Waals surface area (Å²) in [6, 6.07) is 19.3. The van der Waals surface area contributed by atoms with Crippen LogP contribution in [0.4, 0.5) is 10.3 Å². The lowest BCUT2D eigenvalue weighted by molar-refractivity contribution is 0.0593. The minimum atomic E-state index is -0.465. The second-order valence-electron chi connectivity index (χ2n) is 9.84. The molecule has 3 heterocycles. The van der Waals surface area contributed by atoms with E-state index in [1.807, 2.05) is 54.6 Å². The Labute approximate surface area is 275 Å². The maximum Gasteiger partial charge on any atom is 0.357 e. The molecule has 2 aromatic heterocycles. The zero-order valence-electron chi connectivity index (χ0n) is 23.1. The van der Waals surface area contributed by atoms with E-state index in [1.54, 1.807) is 0 Å². The van der Waals surface area contributed by atoms with Crippen molar-refractivity contribution in [3.8, 4) is 5.75 Å². The Morgan fingerprint density at radius 2 is 1.95 bits per heavy atom. The number of thiazole rings is 2. The molecule has 8 nitrogen and oxygen atoms in total. The average Bonchev–Trinajstić information content (AvgIpc) is 3.63. The van der Waals surface area contributed by atoms with Crippen molar-refractivity contribution >= 4 is 89.2 Å². The van der Waals surface area contributed by atoms with Crippen molar-refractivity contribution in [1.82, 2.24) is 9.97 Å². The summed E-state index contributed by atoms with van der Waals surface area (Å²) in [7, 11) is 1.36. The molecule has 0 bridgehead atoms. The molecular weight excluding hydrogens is 719 g/mol. The normalized spacial score (nSPS) is 12.7. The van der Waals surface area contributed by atoms with Gasteiger partial charge in [-0.05, 0) is 89.4 Å². The molecule has 12 heteroatoms. The number of nitrogens with one attached hydrogen (secondary N) is 1. The van der Waals surface area contributed by atoms with Gasteiger partial charge in [0.2, 0.25) is 0 Å². The predicted octanol–water partition coefficient (Wildman–Crippen LogP) is 7.62. The molecule has 0 unspecified atom stereocenters. The smallest absolute Gasteiger partial charge is 0.357 e. The molecule has 1 aliphatic heterocycles. The molecular formula is C31H26ClIN4O4S2. The maximum atomic E-state index is 13.4. The number of ether oxygens (including phenoxy) is 2. The number of methoxy groups -OCH3 is 1. The van der Waals surface area contributed by atoms with Crippen LogP contribution < -0.4 is 15.0 Å². The van der Waals surface area contributed by atoms with Crippen LogP contribution in [0.15, 0.2) is 60.7 Å². The molecule has 0 saturated carbocycles. The van der Waals surface area contributed by atoms with E-state index in [0.717, 1.165) is 47.9 Å². The van der Waals surface area contributed by atoms with Gasteiger partial charge in [0.05, 0.1) is 29.0 Å². The fraction of sp³-hybridized carbons (Fsp3) is 0.226. The molecule has 0 saturated heterocycles. The Bertz CT molecular complexity index is 1790. The molecule has 1 aliphatic rings. The second kappa shape index (κ2) is 13.2. The summed E-state index contributed by atoms with van der Waals surface area (Å²) in [4.78, 5) is 38.3. The Balaban J connectivity index is 1.17. The summed E-state index contributed by atoms with van der Waals surface area (Å²) in [6.07, 6.45) is 2.03. The van der Waals surface area contributed by atoms with Crippen molar-refractivity contribution in [3.05, 3.63) is 96.5 Å². The van der Waals surface area contributed by atoms with Crippen LogP contribution in [0.1, 0.15) is 43.3 Å². The van der Waals surface area contributed by atoms with Crippen LogP contribution in [0.3, 0.4) is 0 Å². The van der Waals surface area contributed by atoms with Crippen molar-refractivity contribution in [2.45, 2.75) is 25.8 Å². The number of carbonyl (C=O) groups excluding carboxylic acids is 2. The quantitative estimate of drug-likeness (QED) is 0.0943. The van der Waals surface area contributed by atoms with Gasteiger partial charge in [0.25, 0.3) is 5.91 Å². The monoisotopic (exact) mass is 744 g/mol. The minimum absolute atomic E-state index is 0.193. The van der Waals surface area contributed by atoms with Crippen LogP contribution in [0.25, 0.3) is 10.2 Å². The minimum Gasteiger partial charge on any atom is -0.492 e. The highest BCUT2D eigenvalue weighted by molar-refractivity contribution is 14.1. The highest BCUT2D eigenvalue weighted by Gasteiger charge is 2.27. The maximum absolute atomic E-state index is 13.4. The number of para-hydroxylation sites is 1. The predicted molar refractivity (Wildman–Crippen MR) is 180 cm³/mol. The van der Waals surface area contributed by atoms with E-state index < -0.39 is 5.97 Å². The topological polar surface area (TPSA) is 93.7 Å². The molecule has 1 amide bonds. The first-order valence-electron chi connectivity index (χ1n) is 13.6. The lowest BCUT2D eigenvalue weighted by Gasteiger charge is -2.29. The summed E-state index contributed by atoms with van der Waals surface area (Å²) in [5.41, 5.74) is 3.87. The van der Waals surface area contributed by atoms with E-state index in [4.69, 9.17) is 26.1 Å². The molecule has 0 spiro atoms. The van der Waals surface area contributed by atoms with Gasteiger partial charge in [-0.25, -0.2) is 14.8 Å². The summed E-state index contributed by atoms with van der Waals surface area (Å²) in [6.45, 7) is 1.66. The van der Waals surface area contributed by atoms with Crippen molar-refractivity contribution in [2.24, 2.45) is 0 Å². The Kier molecular flexibility index (Phi) is 9.12. The lowest BCUT2D eigenvalue weighted by Crippen LogP contribution is -2.32. The van der Waals surface area contributed by atoms with Gasteiger partial charge in [0.15, 0.2) is 16.0 Å².